The quantitative estimate of drug-likeness (QED) is 0.497. The van der Waals surface area contributed by atoms with Crippen molar-refractivity contribution in [2.75, 3.05) is 5.33 Å². The number of nitrogens with zero attached hydrogens (tertiary/aromatic N) is 1. The maximum atomic E-state index is 11.7. The van der Waals surface area contributed by atoms with Gasteiger partial charge in [0.25, 0.3) is 5.91 Å². The van der Waals surface area contributed by atoms with Crippen LogP contribution in [-0.2, 0) is 0 Å². The molecule has 0 aliphatic rings. The number of hydrogen-bond acceptors (Lipinski definition) is 4. The molecule has 1 heterocycles. The molecule has 1 N–H and O–H groups in total. The van der Waals surface area contributed by atoms with E-state index in [-0.39, 0.29) is 11.8 Å². The molecule has 1 rings (SSSR count). The summed E-state index contributed by atoms with van der Waals surface area (Å²) < 4.78 is 4.81. The molecule has 0 radical (unpaired) electrons. The van der Waals surface area contributed by atoms with E-state index in [0.717, 1.165) is 18.2 Å². The van der Waals surface area contributed by atoms with Crippen molar-refractivity contribution in [1.29, 1.82) is 0 Å². The van der Waals surface area contributed by atoms with E-state index in [1.54, 1.807) is 0 Å². The Kier molecular flexibility index (Phi) is 5.14. The lowest BCUT2D eigenvalue weighted by atomic mass is 10.2. The SMILES string of the molecule is CCC(CCBr)NC(=O)c1ccc([N+](=O)[O-])o1. The monoisotopic (exact) mass is 304 g/mol. The Labute approximate surface area is 107 Å². The van der Waals surface area contributed by atoms with Crippen LogP contribution in [0.2, 0.25) is 0 Å². The van der Waals surface area contributed by atoms with Crippen LogP contribution >= 0.6 is 15.9 Å². The van der Waals surface area contributed by atoms with Crippen LogP contribution in [0.5, 0.6) is 0 Å². The molecule has 1 atom stereocenters. The standard InChI is InChI=1S/C10H13BrN2O4/c1-2-7(5-6-11)12-10(14)8-3-4-9(17-8)13(15)16/h3-4,7H,2,5-6H2,1H3,(H,12,14). The van der Waals surface area contributed by atoms with Gasteiger partial charge in [0, 0.05) is 11.4 Å². The van der Waals surface area contributed by atoms with Crippen LogP contribution in [0.3, 0.4) is 0 Å². The zero-order valence-corrected chi connectivity index (χ0v) is 10.9. The molecular formula is C10H13BrN2O4. The number of nitro groups is 1. The van der Waals surface area contributed by atoms with Gasteiger partial charge in [-0.15, -0.1) is 0 Å². The molecular weight excluding hydrogens is 292 g/mol. The Hall–Kier alpha value is -1.37. The van der Waals surface area contributed by atoms with E-state index in [0.29, 0.717) is 0 Å². The third-order valence-electron chi connectivity index (χ3n) is 2.28. The molecule has 1 unspecified atom stereocenters. The van der Waals surface area contributed by atoms with Crippen molar-refractivity contribution in [1.82, 2.24) is 5.32 Å². The Bertz CT molecular complexity index is 405. The van der Waals surface area contributed by atoms with Crippen molar-refractivity contribution >= 4 is 27.7 Å². The number of halogens is 1. The molecule has 1 aromatic heterocycles. The molecule has 0 aromatic carbocycles. The van der Waals surface area contributed by atoms with Gasteiger partial charge in [-0.05, 0) is 18.9 Å². The van der Waals surface area contributed by atoms with Crippen molar-refractivity contribution in [3.8, 4) is 0 Å². The van der Waals surface area contributed by atoms with Gasteiger partial charge in [0.2, 0.25) is 0 Å². The predicted molar refractivity (Wildman–Crippen MR) is 65.3 cm³/mol. The van der Waals surface area contributed by atoms with Crippen molar-refractivity contribution in [3.05, 3.63) is 28.0 Å². The number of hydrogen-bond donors (Lipinski definition) is 1. The van der Waals surface area contributed by atoms with Gasteiger partial charge < -0.3 is 9.73 Å². The number of furan rings is 1. The lowest BCUT2D eigenvalue weighted by Crippen LogP contribution is -2.34. The second-order valence-corrected chi connectivity index (χ2v) is 4.24. The summed E-state index contributed by atoms with van der Waals surface area (Å²) in [6.45, 7) is 1.96. The Morgan fingerprint density at radius 2 is 2.35 bits per heavy atom. The average molecular weight is 305 g/mol. The predicted octanol–water partition coefficient (Wildman–Crippen LogP) is 2.48. The van der Waals surface area contributed by atoms with Gasteiger partial charge in [-0.3, -0.25) is 14.9 Å². The molecule has 94 valence electrons. The summed E-state index contributed by atoms with van der Waals surface area (Å²) in [4.78, 5) is 21.4. The number of amides is 1. The van der Waals surface area contributed by atoms with Gasteiger partial charge in [-0.2, -0.15) is 0 Å². The molecule has 7 heteroatoms. The number of carbonyl (C=O) groups excluding carboxylic acids is 1. The van der Waals surface area contributed by atoms with Crippen LogP contribution in [0.1, 0.15) is 30.3 Å². The molecule has 1 aromatic rings. The smallest absolute Gasteiger partial charge is 0.395 e. The Balaban J connectivity index is 2.65. The van der Waals surface area contributed by atoms with E-state index in [9.17, 15) is 14.9 Å². The third-order valence-corrected chi connectivity index (χ3v) is 2.74. The fraction of sp³-hybridized carbons (Fsp3) is 0.500. The molecule has 17 heavy (non-hydrogen) atoms. The summed E-state index contributed by atoms with van der Waals surface area (Å²) >= 11 is 3.30. The van der Waals surface area contributed by atoms with Crippen molar-refractivity contribution in [3.63, 3.8) is 0 Å². The van der Waals surface area contributed by atoms with Crippen LogP contribution in [0.25, 0.3) is 0 Å². The molecule has 6 nitrogen and oxygen atoms in total. The number of carbonyl (C=O) groups is 1. The first-order chi connectivity index (χ1) is 8.08. The Morgan fingerprint density at radius 3 is 2.82 bits per heavy atom. The number of rotatable bonds is 6. The summed E-state index contributed by atoms with van der Waals surface area (Å²) in [6, 6.07) is 2.50. The molecule has 0 saturated carbocycles. The van der Waals surface area contributed by atoms with Crippen LogP contribution in [0.15, 0.2) is 16.5 Å². The number of alkyl halides is 1. The van der Waals surface area contributed by atoms with E-state index in [1.807, 2.05) is 6.92 Å². The highest BCUT2D eigenvalue weighted by molar-refractivity contribution is 9.09. The number of nitrogens with one attached hydrogen (secondary N) is 1. The van der Waals surface area contributed by atoms with Crippen LogP contribution in [0, 0.1) is 10.1 Å². The zero-order chi connectivity index (χ0) is 12.8. The first-order valence-electron chi connectivity index (χ1n) is 5.19. The lowest BCUT2D eigenvalue weighted by Gasteiger charge is -2.14. The molecule has 1 amide bonds. The van der Waals surface area contributed by atoms with Gasteiger partial charge >= 0.3 is 5.88 Å². The first-order valence-corrected chi connectivity index (χ1v) is 6.31. The summed E-state index contributed by atoms with van der Waals surface area (Å²) in [5.74, 6) is -0.890. The first kappa shape index (κ1) is 13.7. The van der Waals surface area contributed by atoms with Crippen LogP contribution < -0.4 is 5.32 Å². The van der Waals surface area contributed by atoms with Gasteiger partial charge in [0.1, 0.15) is 4.92 Å². The van der Waals surface area contributed by atoms with Crippen molar-refractivity contribution < 1.29 is 14.1 Å². The topological polar surface area (TPSA) is 85.4 Å². The highest BCUT2D eigenvalue weighted by Crippen LogP contribution is 2.15. The third kappa shape index (κ3) is 3.85. The van der Waals surface area contributed by atoms with Crippen LogP contribution in [-0.4, -0.2) is 22.2 Å². The second kappa shape index (κ2) is 6.39. The maximum absolute atomic E-state index is 11.7. The van der Waals surface area contributed by atoms with E-state index in [4.69, 9.17) is 4.42 Å². The minimum Gasteiger partial charge on any atom is -0.395 e. The lowest BCUT2D eigenvalue weighted by molar-refractivity contribution is -0.402. The minimum absolute atomic E-state index is 0.0334. The van der Waals surface area contributed by atoms with Crippen LogP contribution in [0.4, 0.5) is 5.88 Å². The summed E-state index contributed by atoms with van der Waals surface area (Å²) in [5, 5.41) is 13.9. The van der Waals surface area contributed by atoms with Crippen molar-refractivity contribution in [2.45, 2.75) is 25.8 Å². The minimum atomic E-state index is -0.674. The van der Waals surface area contributed by atoms with Gasteiger partial charge in [0.15, 0.2) is 5.76 Å². The van der Waals surface area contributed by atoms with Gasteiger partial charge in [-0.25, -0.2) is 0 Å². The van der Waals surface area contributed by atoms with E-state index in [1.165, 1.54) is 12.1 Å². The molecule has 0 spiro atoms. The molecule has 0 aliphatic heterocycles. The molecule has 0 fully saturated rings. The molecule has 0 bridgehead atoms. The zero-order valence-electron chi connectivity index (χ0n) is 9.31. The fourth-order valence-corrected chi connectivity index (χ4v) is 1.87. The highest BCUT2D eigenvalue weighted by atomic mass is 79.9. The summed E-state index contributed by atoms with van der Waals surface area (Å²) in [5.41, 5.74) is 0. The largest absolute Gasteiger partial charge is 0.433 e. The molecule has 0 aliphatic carbocycles. The van der Waals surface area contributed by atoms with E-state index in [2.05, 4.69) is 21.2 Å². The van der Waals surface area contributed by atoms with Gasteiger partial charge in [0.05, 0.1) is 6.07 Å². The maximum Gasteiger partial charge on any atom is 0.433 e. The second-order valence-electron chi connectivity index (χ2n) is 3.45. The normalized spacial score (nSPS) is 12.1. The average Bonchev–Trinajstić information content (AvgIpc) is 2.77. The van der Waals surface area contributed by atoms with Crippen molar-refractivity contribution in [2.24, 2.45) is 0 Å². The summed E-state index contributed by atoms with van der Waals surface area (Å²) in [7, 11) is 0. The van der Waals surface area contributed by atoms with E-state index >= 15 is 0 Å². The van der Waals surface area contributed by atoms with E-state index < -0.39 is 16.7 Å². The summed E-state index contributed by atoms with van der Waals surface area (Å²) in [6.07, 6.45) is 1.59. The fourth-order valence-electron chi connectivity index (χ4n) is 1.31. The van der Waals surface area contributed by atoms with Gasteiger partial charge in [-0.1, -0.05) is 22.9 Å². The highest BCUT2D eigenvalue weighted by Gasteiger charge is 2.19. The molecule has 0 saturated heterocycles. The Morgan fingerprint density at radius 1 is 1.65 bits per heavy atom.